The van der Waals surface area contributed by atoms with Crippen molar-refractivity contribution in [3.63, 3.8) is 0 Å². The topological polar surface area (TPSA) is 100 Å². The van der Waals surface area contributed by atoms with E-state index in [-0.39, 0.29) is 13.0 Å². The van der Waals surface area contributed by atoms with Gasteiger partial charge in [0.05, 0.1) is 10.9 Å². The summed E-state index contributed by atoms with van der Waals surface area (Å²) in [6.07, 6.45) is 0.384. The van der Waals surface area contributed by atoms with E-state index in [1.54, 1.807) is 43.9 Å². The molecule has 8 nitrogen and oxygen atoms in total. The smallest absolute Gasteiger partial charge is 0.407 e. The molecule has 11 heteroatoms. The van der Waals surface area contributed by atoms with Gasteiger partial charge in [-0.3, -0.25) is 4.79 Å². The van der Waals surface area contributed by atoms with Crippen LogP contribution < -0.4 is 5.32 Å². The third-order valence-corrected chi connectivity index (χ3v) is 5.97. The Balaban J connectivity index is 1.84. The number of hydrogen-bond donors (Lipinski definition) is 2. The molecule has 1 aromatic carbocycles. The number of nitrogens with zero attached hydrogens (tertiary/aromatic N) is 4. The molecule has 0 spiro atoms. The number of halogens is 2. The van der Waals surface area contributed by atoms with Crippen LogP contribution in [0.4, 0.5) is 13.6 Å². The standard InChI is InChI=1S/C22H25F2N5O3S/c1-22(2,3)29(21(31)32)10-15(7-13-5-6-16(23)17(24)8-13)27-20(30)18-9-14(11-33-18)19-25-12-26-28(19)4/h5-6,8-9,11-12,15H,7,10H2,1-4H3,(H,27,30)(H,31,32)/t15-/m1/s1. The molecule has 0 unspecified atom stereocenters. The Morgan fingerprint density at radius 2 is 1.97 bits per heavy atom. The Labute approximate surface area is 193 Å². The van der Waals surface area contributed by atoms with Gasteiger partial charge in [0.25, 0.3) is 5.91 Å². The minimum Gasteiger partial charge on any atom is -0.465 e. The van der Waals surface area contributed by atoms with Crippen molar-refractivity contribution in [2.24, 2.45) is 7.05 Å². The summed E-state index contributed by atoms with van der Waals surface area (Å²) in [5.41, 5.74) is 0.429. The normalized spacial score (nSPS) is 12.4. The number of aromatic nitrogens is 3. The summed E-state index contributed by atoms with van der Waals surface area (Å²) in [4.78, 5) is 30.6. The molecule has 176 valence electrons. The van der Waals surface area contributed by atoms with Crippen molar-refractivity contribution < 1.29 is 23.5 Å². The Hall–Kier alpha value is -3.34. The maximum atomic E-state index is 13.7. The molecular weight excluding hydrogens is 452 g/mol. The minimum absolute atomic E-state index is 0.0366. The van der Waals surface area contributed by atoms with Crippen LogP contribution >= 0.6 is 11.3 Å². The highest BCUT2D eigenvalue weighted by Crippen LogP contribution is 2.24. The van der Waals surface area contributed by atoms with E-state index in [4.69, 9.17) is 0 Å². The van der Waals surface area contributed by atoms with Crippen LogP contribution in [0.3, 0.4) is 0 Å². The van der Waals surface area contributed by atoms with E-state index in [9.17, 15) is 23.5 Å². The van der Waals surface area contributed by atoms with E-state index in [1.807, 2.05) is 0 Å². The summed E-state index contributed by atoms with van der Waals surface area (Å²) in [6, 6.07) is 4.47. The van der Waals surface area contributed by atoms with Crippen LogP contribution in [0.25, 0.3) is 11.4 Å². The minimum atomic E-state index is -1.15. The maximum absolute atomic E-state index is 13.7. The first-order valence-electron chi connectivity index (χ1n) is 10.1. The van der Waals surface area contributed by atoms with Gasteiger partial charge < -0.3 is 15.3 Å². The molecule has 0 aliphatic carbocycles. The number of rotatable bonds is 7. The van der Waals surface area contributed by atoms with Crippen molar-refractivity contribution in [1.29, 1.82) is 0 Å². The van der Waals surface area contributed by atoms with Gasteiger partial charge in [0.15, 0.2) is 17.5 Å². The number of aryl methyl sites for hydroxylation is 1. The van der Waals surface area contributed by atoms with Crippen LogP contribution in [0.5, 0.6) is 0 Å². The predicted molar refractivity (Wildman–Crippen MR) is 120 cm³/mol. The molecule has 33 heavy (non-hydrogen) atoms. The van der Waals surface area contributed by atoms with Crippen molar-refractivity contribution in [2.45, 2.75) is 38.8 Å². The third kappa shape index (κ3) is 5.92. The molecule has 1 atom stereocenters. The Morgan fingerprint density at radius 3 is 2.55 bits per heavy atom. The van der Waals surface area contributed by atoms with Crippen LogP contribution in [0, 0.1) is 11.6 Å². The fourth-order valence-electron chi connectivity index (χ4n) is 3.36. The molecule has 2 amide bonds. The second-order valence-corrected chi connectivity index (χ2v) is 9.51. The molecule has 2 aromatic heterocycles. The Morgan fingerprint density at radius 1 is 1.24 bits per heavy atom. The first-order chi connectivity index (χ1) is 15.5. The van der Waals surface area contributed by atoms with E-state index in [1.165, 1.54) is 28.6 Å². The SMILES string of the molecule is Cn1ncnc1-c1csc(C(=O)N[C@H](Cc2ccc(F)c(F)c2)CN(C(=O)O)C(C)(C)C)c1. The first kappa shape index (κ1) is 24.3. The highest BCUT2D eigenvalue weighted by atomic mass is 32.1. The van der Waals surface area contributed by atoms with Crippen molar-refractivity contribution in [3.8, 4) is 11.4 Å². The number of nitrogens with one attached hydrogen (secondary N) is 1. The quantitative estimate of drug-likeness (QED) is 0.537. The number of carbonyl (C=O) groups excluding carboxylic acids is 1. The lowest BCUT2D eigenvalue weighted by Gasteiger charge is -2.36. The first-order valence-corrected chi connectivity index (χ1v) is 11.0. The van der Waals surface area contributed by atoms with Gasteiger partial charge in [-0.15, -0.1) is 11.3 Å². The Bertz CT molecular complexity index is 1160. The zero-order chi connectivity index (χ0) is 24.3. The van der Waals surface area contributed by atoms with Crippen LogP contribution in [0.15, 0.2) is 36.0 Å². The Kier molecular flexibility index (Phi) is 7.11. The predicted octanol–water partition coefficient (Wildman–Crippen LogP) is 3.94. The lowest BCUT2D eigenvalue weighted by Crippen LogP contribution is -2.53. The van der Waals surface area contributed by atoms with Crippen LogP contribution in [0.2, 0.25) is 0 Å². The van der Waals surface area contributed by atoms with Crippen molar-refractivity contribution in [3.05, 3.63) is 58.0 Å². The molecular formula is C22H25F2N5O3S. The molecule has 2 heterocycles. The summed E-state index contributed by atoms with van der Waals surface area (Å²) in [5, 5.41) is 18.3. The van der Waals surface area contributed by atoms with Crippen LogP contribution in [0.1, 0.15) is 36.0 Å². The number of amides is 2. The van der Waals surface area contributed by atoms with Crippen molar-refractivity contribution >= 4 is 23.3 Å². The van der Waals surface area contributed by atoms with Gasteiger partial charge in [0.2, 0.25) is 0 Å². The fourth-order valence-corrected chi connectivity index (χ4v) is 4.15. The number of benzene rings is 1. The molecule has 0 radical (unpaired) electrons. The fraction of sp³-hybridized carbons (Fsp3) is 0.364. The molecule has 3 aromatic rings. The van der Waals surface area contributed by atoms with Gasteiger partial charge in [-0.25, -0.2) is 23.2 Å². The highest BCUT2D eigenvalue weighted by Gasteiger charge is 2.30. The molecule has 0 aliphatic rings. The summed E-state index contributed by atoms with van der Waals surface area (Å²) in [7, 11) is 1.74. The van der Waals surface area contributed by atoms with Gasteiger partial charge in [-0.2, -0.15) is 5.10 Å². The molecule has 0 fully saturated rings. The van der Waals surface area contributed by atoms with E-state index < -0.39 is 35.2 Å². The number of carbonyl (C=O) groups is 2. The molecule has 0 bridgehead atoms. The van der Waals surface area contributed by atoms with E-state index >= 15 is 0 Å². The van der Waals surface area contributed by atoms with Crippen molar-refractivity contribution in [2.75, 3.05) is 6.54 Å². The van der Waals surface area contributed by atoms with Gasteiger partial charge in [0, 0.05) is 30.1 Å². The second-order valence-electron chi connectivity index (χ2n) is 8.59. The average Bonchev–Trinajstić information content (AvgIpc) is 3.36. The average molecular weight is 478 g/mol. The lowest BCUT2D eigenvalue weighted by atomic mass is 10.0. The van der Waals surface area contributed by atoms with Gasteiger partial charge >= 0.3 is 6.09 Å². The van der Waals surface area contributed by atoms with E-state index in [0.29, 0.717) is 16.3 Å². The highest BCUT2D eigenvalue weighted by molar-refractivity contribution is 7.12. The molecule has 3 rings (SSSR count). The summed E-state index contributed by atoms with van der Waals surface area (Å²) in [6.45, 7) is 5.18. The largest absolute Gasteiger partial charge is 0.465 e. The van der Waals surface area contributed by atoms with Gasteiger partial charge in [-0.05, 0) is 51.0 Å². The van der Waals surface area contributed by atoms with Gasteiger partial charge in [0.1, 0.15) is 6.33 Å². The lowest BCUT2D eigenvalue weighted by molar-refractivity contribution is 0.0824. The third-order valence-electron chi connectivity index (χ3n) is 5.04. The summed E-state index contributed by atoms with van der Waals surface area (Å²) in [5.74, 6) is -1.78. The number of carboxylic acid groups (broad SMARTS) is 1. The van der Waals surface area contributed by atoms with Gasteiger partial charge in [-0.1, -0.05) is 6.07 Å². The van der Waals surface area contributed by atoms with Crippen molar-refractivity contribution in [1.82, 2.24) is 25.0 Å². The summed E-state index contributed by atoms with van der Waals surface area (Å²) >= 11 is 1.22. The van der Waals surface area contributed by atoms with Crippen LogP contribution in [-0.2, 0) is 13.5 Å². The molecule has 0 saturated carbocycles. The molecule has 2 N–H and O–H groups in total. The molecule has 0 saturated heterocycles. The number of thiophene rings is 1. The summed E-state index contributed by atoms with van der Waals surface area (Å²) < 4.78 is 28.7. The second kappa shape index (κ2) is 9.65. The maximum Gasteiger partial charge on any atom is 0.407 e. The van der Waals surface area contributed by atoms with E-state index in [2.05, 4.69) is 15.4 Å². The monoisotopic (exact) mass is 477 g/mol. The molecule has 0 aliphatic heterocycles. The van der Waals surface area contributed by atoms with E-state index in [0.717, 1.165) is 17.7 Å². The number of hydrogen-bond acceptors (Lipinski definition) is 5. The zero-order valence-corrected chi connectivity index (χ0v) is 19.5. The zero-order valence-electron chi connectivity index (χ0n) is 18.7. The van der Waals surface area contributed by atoms with Crippen LogP contribution in [-0.4, -0.2) is 54.9 Å².